The molecule has 0 aromatic heterocycles. The first-order valence-electron chi connectivity index (χ1n) is 7.72. The molecular weight excluding hydrogens is 302 g/mol. The minimum Gasteiger partial charge on any atom is -0.467 e. The van der Waals surface area contributed by atoms with E-state index in [1.807, 2.05) is 6.26 Å². The molecule has 5 atom stereocenters. The minimum atomic E-state index is -0.776. The van der Waals surface area contributed by atoms with Crippen molar-refractivity contribution in [3.8, 4) is 0 Å². The van der Waals surface area contributed by atoms with Crippen LogP contribution in [0.25, 0.3) is 0 Å². The van der Waals surface area contributed by atoms with Gasteiger partial charge in [0, 0.05) is 0 Å². The lowest BCUT2D eigenvalue weighted by molar-refractivity contribution is -0.157. The number of carbonyl (C=O) groups is 3. The fourth-order valence-electron chi connectivity index (χ4n) is 4.12. The first-order chi connectivity index (χ1) is 10.6. The van der Waals surface area contributed by atoms with Gasteiger partial charge in [-0.15, -0.1) is 0 Å². The molecule has 1 heterocycles. The monoisotopic (exact) mass is 323 g/mol. The highest BCUT2D eigenvalue weighted by atomic mass is 32.2. The van der Waals surface area contributed by atoms with E-state index in [1.165, 1.54) is 12.0 Å². The molecule has 2 amide bonds. The molecule has 1 aliphatic heterocycles. The molecule has 3 aliphatic carbocycles. The Bertz CT molecular complexity index is 500. The van der Waals surface area contributed by atoms with E-state index in [0.29, 0.717) is 12.2 Å². The first-order valence-corrected chi connectivity index (χ1v) is 9.11. The van der Waals surface area contributed by atoms with Crippen LogP contribution in [0.1, 0.15) is 19.3 Å². The van der Waals surface area contributed by atoms with E-state index in [0.717, 1.165) is 12.8 Å². The molecule has 0 N–H and O–H groups in total. The molecule has 1 saturated heterocycles. The molecule has 120 valence electrons. The normalized spacial score (nSPS) is 34.0. The Labute approximate surface area is 134 Å². The number of methoxy groups -OCH3 is 1. The molecule has 0 spiro atoms. The van der Waals surface area contributed by atoms with Crippen LogP contribution in [0.3, 0.4) is 0 Å². The predicted molar refractivity (Wildman–Crippen MR) is 83.0 cm³/mol. The average Bonchev–Trinajstić information content (AvgIpc) is 2.83. The second kappa shape index (κ2) is 6.07. The summed E-state index contributed by atoms with van der Waals surface area (Å²) in [5, 5.41) is 0. The van der Waals surface area contributed by atoms with E-state index in [4.69, 9.17) is 4.74 Å². The molecular formula is C16H21NO4S. The maximum Gasteiger partial charge on any atom is 0.329 e. The van der Waals surface area contributed by atoms with Crippen molar-refractivity contribution in [3.63, 3.8) is 0 Å². The van der Waals surface area contributed by atoms with Crippen LogP contribution in [0.5, 0.6) is 0 Å². The summed E-state index contributed by atoms with van der Waals surface area (Å²) in [6, 6.07) is -0.776. The maximum atomic E-state index is 12.8. The number of hydrogen-bond donors (Lipinski definition) is 0. The number of allylic oxidation sites excluding steroid dienone is 2. The summed E-state index contributed by atoms with van der Waals surface area (Å²) >= 11 is 1.59. The van der Waals surface area contributed by atoms with Crippen LogP contribution in [0, 0.1) is 23.7 Å². The predicted octanol–water partition coefficient (Wildman–Crippen LogP) is 1.48. The zero-order valence-electron chi connectivity index (χ0n) is 12.9. The quantitative estimate of drug-likeness (QED) is 0.436. The number of nitrogens with zero attached hydrogens (tertiary/aromatic N) is 1. The Balaban J connectivity index is 1.89. The Morgan fingerprint density at radius 3 is 2.23 bits per heavy atom. The highest BCUT2D eigenvalue weighted by Gasteiger charge is 2.58. The van der Waals surface area contributed by atoms with Crippen molar-refractivity contribution in [1.82, 2.24) is 4.90 Å². The van der Waals surface area contributed by atoms with Crippen molar-refractivity contribution in [2.75, 3.05) is 19.1 Å². The van der Waals surface area contributed by atoms with Gasteiger partial charge >= 0.3 is 5.97 Å². The van der Waals surface area contributed by atoms with Crippen LogP contribution in [0.4, 0.5) is 0 Å². The summed E-state index contributed by atoms with van der Waals surface area (Å²) < 4.78 is 4.83. The number of ether oxygens (including phenoxy) is 1. The molecule has 4 aliphatic rings. The SMILES string of the molecule is COC(=O)C(CCSC)N1C(=O)C2C3C=CC(CC3)C2C1=O. The molecule has 2 bridgehead atoms. The zero-order chi connectivity index (χ0) is 15.9. The third-order valence-corrected chi connectivity index (χ3v) is 5.82. The van der Waals surface area contributed by atoms with E-state index in [2.05, 4.69) is 12.2 Å². The molecule has 22 heavy (non-hydrogen) atoms. The van der Waals surface area contributed by atoms with Crippen molar-refractivity contribution >= 4 is 29.5 Å². The number of thioether (sulfide) groups is 1. The number of carbonyl (C=O) groups excluding carboxylic acids is 3. The van der Waals surface area contributed by atoms with Gasteiger partial charge in [0.1, 0.15) is 6.04 Å². The highest BCUT2D eigenvalue weighted by molar-refractivity contribution is 7.98. The zero-order valence-corrected chi connectivity index (χ0v) is 13.7. The van der Waals surface area contributed by atoms with Crippen LogP contribution in [0.2, 0.25) is 0 Å². The summed E-state index contributed by atoms with van der Waals surface area (Å²) in [6.45, 7) is 0. The van der Waals surface area contributed by atoms with Crippen LogP contribution in [0.15, 0.2) is 12.2 Å². The molecule has 5 nitrogen and oxygen atoms in total. The van der Waals surface area contributed by atoms with Gasteiger partial charge in [-0.2, -0.15) is 11.8 Å². The Hall–Kier alpha value is -1.30. The average molecular weight is 323 g/mol. The molecule has 0 aromatic carbocycles. The number of fused-ring (bicyclic) bond motifs is 1. The smallest absolute Gasteiger partial charge is 0.329 e. The fraction of sp³-hybridized carbons (Fsp3) is 0.688. The van der Waals surface area contributed by atoms with E-state index < -0.39 is 12.0 Å². The minimum absolute atomic E-state index is 0.148. The molecule has 4 rings (SSSR count). The van der Waals surface area contributed by atoms with E-state index in [1.54, 1.807) is 11.8 Å². The molecule has 0 radical (unpaired) electrons. The lowest BCUT2D eigenvalue weighted by Gasteiger charge is -2.38. The van der Waals surface area contributed by atoms with Crippen LogP contribution in [-0.2, 0) is 19.1 Å². The van der Waals surface area contributed by atoms with Gasteiger partial charge in [-0.3, -0.25) is 14.5 Å². The standard InChI is InChI=1S/C16H21NO4S/c1-21-16(20)11(7-8-22-2)17-14(18)12-9-3-4-10(6-5-9)13(12)15(17)19/h3-4,9-13H,5-8H2,1-2H3. The lowest BCUT2D eigenvalue weighted by Crippen LogP contribution is -2.46. The van der Waals surface area contributed by atoms with Crippen molar-refractivity contribution in [3.05, 3.63) is 12.2 Å². The van der Waals surface area contributed by atoms with Gasteiger partial charge < -0.3 is 4.74 Å². The first kappa shape index (κ1) is 15.6. The van der Waals surface area contributed by atoms with Gasteiger partial charge in [-0.05, 0) is 43.1 Å². The molecule has 1 saturated carbocycles. The van der Waals surface area contributed by atoms with Crippen molar-refractivity contribution in [2.24, 2.45) is 23.7 Å². The Kier molecular flexibility index (Phi) is 4.30. The van der Waals surface area contributed by atoms with Gasteiger partial charge in [-0.25, -0.2) is 4.79 Å². The maximum absolute atomic E-state index is 12.8. The van der Waals surface area contributed by atoms with Crippen LogP contribution >= 0.6 is 11.8 Å². The van der Waals surface area contributed by atoms with Crippen molar-refractivity contribution < 1.29 is 19.1 Å². The Morgan fingerprint density at radius 1 is 1.27 bits per heavy atom. The summed E-state index contributed by atoms with van der Waals surface area (Å²) in [4.78, 5) is 38.9. The number of hydrogen-bond acceptors (Lipinski definition) is 5. The number of amides is 2. The topological polar surface area (TPSA) is 63.7 Å². The largest absolute Gasteiger partial charge is 0.467 e. The molecule has 5 unspecified atom stereocenters. The highest BCUT2D eigenvalue weighted by Crippen LogP contribution is 2.50. The van der Waals surface area contributed by atoms with Gasteiger partial charge in [0.05, 0.1) is 18.9 Å². The van der Waals surface area contributed by atoms with Gasteiger partial charge in [0.2, 0.25) is 11.8 Å². The van der Waals surface area contributed by atoms with Gasteiger partial charge in [0.25, 0.3) is 0 Å². The number of esters is 1. The summed E-state index contributed by atoms with van der Waals surface area (Å²) in [6.07, 6.45) is 8.48. The third kappa shape index (κ3) is 2.28. The third-order valence-electron chi connectivity index (χ3n) is 5.17. The second-order valence-corrected chi connectivity index (χ2v) is 7.19. The van der Waals surface area contributed by atoms with E-state index in [9.17, 15) is 14.4 Å². The van der Waals surface area contributed by atoms with Gasteiger partial charge in [-0.1, -0.05) is 12.2 Å². The van der Waals surface area contributed by atoms with E-state index in [-0.39, 0.29) is 35.5 Å². The summed E-state index contributed by atoms with van der Waals surface area (Å²) in [5.41, 5.74) is 0. The molecule has 2 fully saturated rings. The van der Waals surface area contributed by atoms with Crippen molar-refractivity contribution in [2.45, 2.75) is 25.3 Å². The lowest BCUT2D eigenvalue weighted by atomic mass is 9.63. The molecule has 0 aromatic rings. The fourth-order valence-corrected chi connectivity index (χ4v) is 4.58. The number of likely N-dealkylation sites (tertiary alicyclic amines) is 1. The molecule has 6 heteroatoms. The van der Waals surface area contributed by atoms with Gasteiger partial charge in [0.15, 0.2) is 0 Å². The summed E-state index contributed by atoms with van der Waals surface area (Å²) in [5.74, 6) is -0.371. The Morgan fingerprint density at radius 2 is 1.82 bits per heavy atom. The second-order valence-electron chi connectivity index (χ2n) is 6.21. The number of rotatable bonds is 5. The van der Waals surface area contributed by atoms with Crippen LogP contribution in [-0.4, -0.2) is 47.8 Å². The number of imide groups is 1. The van der Waals surface area contributed by atoms with Crippen LogP contribution < -0.4 is 0 Å². The van der Waals surface area contributed by atoms with Crippen molar-refractivity contribution in [1.29, 1.82) is 0 Å². The summed E-state index contributed by atoms with van der Waals surface area (Å²) in [7, 11) is 1.30. The van der Waals surface area contributed by atoms with E-state index >= 15 is 0 Å².